The number of amides is 1. The van der Waals surface area contributed by atoms with Crippen molar-refractivity contribution >= 4 is 18.3 Å². The van der Waals surface area contributed by atoms with Gasteiger partial charge in [0.1, 0.15) is 0 Å². The highest BCUT2D eigenvalue weighted by Gasteiger charge is 2.30. The van der Waals surface area contributed by atoms with Gasteiger partial charge in [-0.15, -0.1) is 17.5 Å². The number of halogens is 1. The van der Waals surface area contributed by atoms with Gasteiger partial charge in [-0.1, -0.05) is 49.4 Å². The minimum Gasteiger partial charge on any atom is -0.350 e. The molecule has 0 bridgehead atoms. The molecular weight excluding hydrogens is 374 g/mol. The molecule has 0 radical (unpaired) electrons. The first-order chi connectivity index (χ1) is 13.1. The molecule has 0 aliphatic carbocycles. The molecule has 6 nitrogen and oxygen atoms in total. The molecule has 1 amide bonds. The lowest BCUT2D eigenvalue weighted by atomic mass is 9.76. The average molecular weight is 406 g/mol. The normalized spacial score (nSPS) is 15.1. The number of benzene rings is 1. The van der Waals surface area contributed by atoms with Crippen LogP contribution in [0, 0.1) is 6.92 Å². The van der Waals surface area contributed by atoms with E-state index in [-0.39, 0.29) is 23.7 Å². The number of nitrogens with zero attached hydrogens (tertiary/aromatic N) is 3. The summed E-state index contributed by atoms with van der Waals surface area (Å²) in [6, 6.07) is 10.8. The predicted molar refractivity (Wildman–Crippen MR) is 114 cm³/mol. The van der Waals surface area contributed by atoms with Crippen molar-refractivity contribution in [3.63, 3.8) is 0 Å². The second-order valence-corrected chi connectivity index (χ2v) is 7.49. The number of hydrogen-bond acceptors (Lipinski definition) is 4. The molecule has 1 aliphatic rings. The van der Waals surface area contributed by atoms with Crippen LogP contribution >= 0.6 is 12.4 Å². The van der Waals surface area contributed by atoms with E-state index in [1.807, 2.05) is 17.7 Å². The fourth-order valence-corrected chi connectivity index (χ4v) is 4.08. The van der Waals surface area contributed by atoms with Crippen LogP contribution in [0.25, 0.3) is 0 Å². The Balaban J connectivity index is 0.00000280. The molecule has 1 saturated heterocycles. The van der Waals surface area contributed by atoms with Gasteiger partial charge >= 0.3 is 0 Å². The van der Waals surface area contributed by atoms with Crippen molar-refractivity contribution in [1.29, 1.82) is 0 Å². The predicted octanol–water partition coefficient (Wildman–Crippen LogP) is 3.42. The van der Waals surface area contributed by atoms with Crippen LogP contribution in [0.5, 0.6) is 0 Å². The number of aromatic nitrogens is 3. The fourth-order valence-electron chi connectivity index (χ4n) is 4.08. The Bertz CT molecular complexity index is 751. The van der Waals surface area contributed by atoms with Gasteiger partial charge in [-0.3, -0.25) is 4.79 Å². The highest BCUT2D eigenvalue weighted by atomic mass is 35.5. The first kappa shape index (κ1) is 22.4. The standard InChI is InChI=1S/C21H31N5O.ClH/c1-4-21(5-2,17-9-7-6-8-10-17)15-23-20(27)19-16(3)26(25-24-19)18-11-13-22-14-12-18;/h6-10,18,22H,4-5,11-15H2,1-3H3,(H,23,27);1H. The fraction of sp³-hybridized carbons (Fsp3) is 0.571. The number of rotatable bonds is 7. The molecule has 0 unspecified atom stereocenters. The zero-order valence-corrected chi connectivity index (χ0v) is 17.9. The minimum absolute atomic E-state index is 0. The van der Waals surface area contributed by atoms with Crippen LogP contribution in [0.3, 0.4) is 0 Å². The summed E-state index contributed by atoms with van der Waals surface area (Å²) in [5, 5.41) is 15.0. The Morgan fingerprint density at radius 2 is 1.86 bits per heavy atom. The highest BCUT2D eigenvalue weighted by molar-refractivity contribution is 5.93. The molecule has 154 valence electrons. The topological polar surface area (TPSA) is 71.8 Å². The van der Waals surface area contributed by atoms with Gasteiger partial charge in [0.2, 0.25) is 0 Å². The summed E-state index contributed by atoms with van der Waals surface area (Å²) in [5.74, 6) is -0.130. The Morgan fingerprint density at radius 1 is 1.21 bits per heavy atom. The van der Waals surface area contributed by atoms with E-state index in [0.29, 0.717) is 18.3 Å². The number of nitrogens with one attached hydrogen (secondary N) is 2. The largest absolute Gasteiger partial charge is 0.350 e. The Labute approximate surface area is 173 Å². The molecule has 0 spiro atoms. The van der Waals surface area contributed by atoms with Crippen molar-refractivity contribution < 1.29 is 4.79 Å². The first-order valence-electron chi connectivity index (χ1n) is 10.1. The lowest BCUT2D eigenvalue weighted by Gasteiger charge is -2.32. The zero-order valence-electron chi connectivity index (χ0n) is 17.1. The summed E-state index contributed by atoms with van der Waals surface area (Å²) in [6.07, 6.45) is 3.98. The van der Waals surface area contributed by atoms with Crippen LogP contribution in [0.4, 0.5) is 0 Å². The summed E-state index contributed by atoms with van der Waals surface area (Å²) in [7, 11) is 0. The molecule has 2 aromatic rings. The van der Waals surface area contributed by atoms with Crippen molar-refractivity contribution in [3.05, 3.63) is 47.3 Å². The maximum atomic E-state index is 12.8. The van der Waals surface area contributed by atoms with Crippen LogP contribution in [0.2, 0.25) is 0 Å². The molecule has 7 heteroatoms. The van der Waals surface area contributed by atoms with E-state index in [4.69, 9.17) is 0 Å². The van der Waals surface area contributed by atoms with Gasteiger partial charge in [0.15, 0.2) is 5.69 Å². The summed E-state index contributed by atoms with van der Waals surface area (Å²) in [6.45, 7) is 8.88. The number of carbonyl (C=O) groups is 1. The third-order valence-corrected chi connectivity index (χ3v) is 6.12. The molecule has 1 aromatic carbocycles. The van der Waals surface area contributed by atoms with Gasteiger partial charge in [0, 0.05) is 12.0 Å². The molecule has 0 saturated carbocycles. The Kier molecular flexibility index (Phi) is 8.01. The third kappa shape index (κ3) is 4.55. The SMILES string of the molecule is CCC(CC)(CNC(=O)c1nnn(C2CCNCC2)c1C)c1ccccc1.Cl. The smallest absolute Gasteiger partial charge is 0.273 e. The molecule has 1 aromatic heterocycles. The van der Waals surface area contributed by atoms with E-state index in [1.165, 1.54) is 5.56 Å². The van der Waals surface area contributed by atoms with Crippen molar-refractivity contribution in [3.8, 4) is 0 Å². The lowest BCUT2D eigenvalue weighted by Crippen LogP contribution is -2.40. The van der Waals surface area contributed by atoms with Gasteiger partial charge in [0.05, 0.1) is 11.7 Å². The van der Waals surface area contributed by atoms with Crippen LogP contribution in [0.1, 0.15) is 67.3 Å². The summed E-state index contributed by atoms with van der Waals surface area (Å²) in [5.41, 5.74) is 2.52. The lowest BCUT2D eigenvalue weighted by molar-refractivity contribution is 0.0935. The molecule has 1 fully saturated rings. The Hall–Kier alpha value is -1.92. The van der Waals surface area contributed by atoms with Crippen molar-refractivity contribution in [2.45, 2.75) is 57.9 Å². The van der Waals surface area contributed by atoms with Crippen LogP contribution in [-0.2, 0) is 5.41 Å². The molecule has 3 rings (SSSR count). The summed E-state index contributed by atoms with van der Waals surface area (Å²) < 4.78 is 1.93. The van der Waals surface area contributed by atoms with Crippen molar-refractivity contribution in [2.75, 3.05) is 19.6 Å². The van der Waals surface area contributed by atoms with Crippen molar-refractivity contribution in [1.82, 2.24) is 25.6 Å². The third-order valence-electron chi connectivity index (χ3n) is 6.12. The van der Waals surface area contributed by atoms with Crippen LogP contribution in [-0.4, -0.2) is 40.5 Å². The first-order valence-corrected chi connectivity index (χ1v) is 10.1. The second kappa shape index (κ2) is 10.0. The van der Waals surface area contributed by atoms with Crippen LogP contribution in [0.15, 0.2) is 30.3 Å². The zero-order chi connectivity index (χ0) is 19.3. The molecule has 0 atom stereocenters. The van der Waals surface area contributed by atoms with E-state index in [1.54, 1.807) is 0 Å². The summed E-state index contributed by atoms with van der Waals surface area (Å²) >= 11 is 0. The van der Waals surface area contributed by atoms with E-state index in [0.717, 1.165) is 44.5 Å². The van der Waals surface area contributed by atoms with E-state index < -0.39 is 0 Å². The molecule has 28 heavy (non-hydrogen) atoms. The molecule has 1 aliphatic heterocycles. The van der Waals surface area contributed by atoms with E-state index >= 15 is 0 Å². The monoisotopic (exact) mass is 405 g/mol. The molecule has 2 heterocycles. The van der Waals surface area contributed by atoms with Crippen LogP contribution < -0.4 is 10.6 Å². The minimum atomic E-state index is -0.130. The number of hydrogen-bond donors (Lipinski definition) is 2. The van der Waals surface area contributed by atoms with Gasteiger partial charge in [-0.25, -0.2) is 4.68 Å². The van der Waals surface area contributed by atoms with Gasteiger partial charge in [-0.2, -0.15) is 0 Å². The Morgan fingerprint density at radius 3 is 2.46 bits per heavy atom. The van der Waals surface area contributed by atoms with Gasteiger partial charge in [-0.05, 0) is 51.3 Å². The van der Waals surface area contributed by atoms with Gasteiger partial charge in [0.25, 0.3) is 5.91 Å². The van der Waals surface area contributed by atoms with Gasteiger partial charge < -0.3 is 10.6 Å². The number of piperidine rings is 1. The maximum Gasteiger partial charge on any atom is 0.273 e. The maximum absolute atomic E-state index is 12.8. The quantitative estimate of drug-likeness (QED) is 0.740. The van der Waals surface area contributed by atoms with Crippen molar-refractivity contribution in [2.24, 2.45) is 0 Å². The second-order valence-electron chi connectivity index (χ2n) is 7.49. The summed E-state index contributed by atoms with van der Waals surface area (Å²) in [4.78, 5) is 12.8. The average Bonchev–Trinajstić information content (AvgIpc) is 3.12. The molecule has 2 N–H and O–H groups in total. The molecular formula is C21H32ClN5O. The number of carbonyl (C=O) groups excluding carboxylic acids is 1. The van der Waals surface area contributed by atoms with E-state index in [2.05, 4.69) is 59.1 Å². The van der Waals surface area contributed by atoms with E-state index in [9.17, 15) is 4.79 Å². The highest BCUT2D eigenvalue weighted by Crippen LogP contribution is 2.31.